The fourth-order valence-corrected chi connectivity index (χ4v) is 3.49. The van der Waals surface area contributed by atoms with Crippen molar-refractivity contribution in [2.24, 2.45) is 5.92 Å². The maximum atomic E-state index is 13.7. The van der Waals surface area contributed by atoms with Gasteiger partial charge in [0.05, 0.1) is 5.02 Å². The number of aromatic hydroxyl groups is 1. The SMILES string of the molecule is Oc1c(Cl)cc(F)cc1[C@H](C1CCC1)N1CCNCC1. The Bertz CT molecular complexity index is 487. The summed E-state index contributed by atoms with van der Waals surface area (Å²) in [5, 5.41) is 13.7. The summed E-state index contributed by atoms with van der Waals surface area (Å²) in [5.41, 5.74) is 0.654. The molecule has 1 aromatic rings. The van der Waals surface area contributed by atoms with Gasteiger partial charge in [0.1, 0.15) is 11.6 Å². The number of hydrogen-bond donors (Lipinski definition) is 2. The Morgan fingerprint density at radius 2 is 2.00 bits per heavy atom. The van der Waals surface area contributed by atoms with Crippen LogP contribution in [0.2, 0.25) is 5.02 Å². The molecule has 110 valence electrons. The molecule has 20 heavy (non-hydrogen) atoms. The molecule has 0 unspecified atom stereocenters. The van der Waals surface area contributed by atoms with Gasteiger partial charge in [-0.15, -0.1) is 0 Å². The third kappa shape index (κ3) is 2.65. The van der Waals surface area contributed by atoms with Gasteiger partial charge in [-0.2, -0.15) is 0 Å². The molecule has 2 aliphatic rings. The monoisotopic (exact) mass is 298 g/mol. The van der Waals surface area contributed by atoms with Crippen LogP contribution < -0.4 is 5.32 Å². The summed E-state index contributed by atoms with van der Waals surface area (Å²) in [7, 11) is 0. The standard InChI is InChI=1S/C15H20ClFN2O/c16-13-9-11(17)8-12(15(13)20)14(10-2-1-3-10)19-6-4-18-5-7-19/h8-10,14,18,20H,1-7H2/t14-/m0/s1. The van der Waals surface area contributed by atoms with Crippen molar-refractivity contribution in [2.45, 2.75) is 25.3 Å². The van der Waals surface area contributed by atoms with E-state index in [2.05, 4.69) is 10.2 Å². The average Bonchev–Trinajstić information content (AvgIpc) is 2.39. The van der Waals surface area contributed by atoms with Gasteiger partial charge in [0.25, 0.3) is 0 Å². The highest BCUT2D eigenvalue weighted by molar-refractivity contribution is 6.32. The van der Waals surface area contributed by atoms with Crippen molar-refractivity contribution in [1.82, 2.24) is 10.2 Å². The van der Waals surface area contributed by atoms with E-state index in [1.165, 1.54) is 18.6 Å². The van der Waals surface area contributed by atoms with Crippen molar-refractivity contribution in [3.05, 3.63) is 28.5 Å². The minimum atomic E-state index is -0.373. The van der Waals surface area contributed by atoms with Gasteiger partial charge in [-0.1, -0.05) is 18.0 Å². The summed E-state index contributed by atoms with van der Waals surface area (Å²) in [6.45, 7) is 3.73. The zero-order valence-corrected chi connectivity index (χ0v) is 12.2. The summed E-state index contributed by atoms with van der Waals surface area (Å²) < 4.78 is 13.7. The number of phenolic OH excluding ortho intramolecular Hbond substituents is 1. The molecule has 5 heteroatoms. The second-order valence-corrected chi connectivity index (χ2v) is 6.15. The highest BCUT2D eigenvalue weighted by Crippen LogP contribution is 2.45. The Kier molecular flexibility index (Phi) is 4.15. The van der Waals surface area contributed by atoms with Gasteiger partial charge in [0.15, 0.2) is 0 Å². The lowest BCUT2D eigenvalue weighted by Crippen LogP contribution is -2.47. The second kappa shape index (κ2) is 5.88. The van der Waals surface area contributed by atoms with Crippen molar-refractivity contribution in [1.29, 1.82) is 0 Å². The third-order valence-corrected chi connectivity index (χ3v) is 4.81. The quantitative estimate of drug-likeness (QED) is 0.900. The van der Waals surface area contributed by atoms with E-state index in [1.54, 1.807) is 0 Å². The van der Waals surface area contributed by atoms with Gasteiger partial charge in [-0.3, -0.25) is 4.90 Å². The first-order chi connectivity index (χ1) is 9.66. The van der Waals surface area contributed by atoms with Gasteiger partial charge in [0, 0.05) is 37.8 Å². The fraction of sp³-hybridized carbons (Fsp3) is 0.600. The molecule has 1 atom stereocenters. The van der Waals surface area contributed by atoms with Crippen molar-refractivity contribution in [3.63, 3.8) is 0 Å². The maximum Gasteiger partial charge on any atom is 0.139 e. The third-order valence-electron chi connectivity index (χ3n) is 4.52. The topological polar surface area (TPSA) is 35.5 Å². The van der Waals surface area contributed by atoms with Crippen LogP contribution in [0.25, 0.3) is 0 Å². The van der Waals surface area contributed by atoms with Crippen LogP contribution in [-0.4, -0.2) is 36.2 Å². The summed E-state index contributed by atoms with van der Waals surface area (Å²) in [4.78, 5) is 2.35. The van der Waals surface area contributed by atoms with E-state index < -0.39 is 0 Å². The molecule has 2 fully saturated rings. The first kappa shape index (κ1) is 14.1. The molecule has 1 aromatic carbocycles. The predicted molar refractivity (Wildman–Crippen MR) is 77.6 cm³/mol. The Hall–Kier alpha value is -0.840. The van der Waals surface area contributed by atoms with E-state index >= 15 is 0 Å². The Labute approximate surface area is 123 Å². The minimum Gasteiger partial charge on any atom is -0.506 e. The molecule has 0 bridgehead atoms. The Morgan fingerprint density at radius 1 is 1.30 bits per heavy atom. The molecule has 0 spiro atoms. The molecule has 1 saturated carbocycles. The minimum absolute atomic E-state index is 0.0449. The maximum absolute atomic E-state index is 13.7. The van der Waals surface area contributed by atoms with E-state index in [9.17, 15) is 9.50 Å². The molecule has 2 N–H and O–H groups in total. The normalized spacial score (nSPS) is 22.5. The zero-order chi connectivity index (χ0) is 14.1. The van der Waals surface area contributed by atoms with Crippen LogP contribution in [0.1, 0.15) is 30.9 Å². The molecule has 1 heterocycles. The van der Waals surface area contributed by atoms with Crippen molar-refractivity contribution >= 4 is 11.6 Å². The summed E-state index contributed by atoms with van der Waals surface area (Å²) in [6, 6.07) is 2.71. The molecule has 1 aliphatic carbocycles. The lowest BCUT2D eigenvalue weighted by atomic mass is 9.76. The molecule has 0 aromatic heterocycles. The predicted octanol–water partition coefficient (Wildman–Crippen LogP) is 2.93. The van der Waals surface area contributed by atoms with E-state index in [4.69, 9.17) is 11.6 Å². The van der Waals surface area contributed by atoms with Crippen LogP contribution in [0.4, 0.5) is 4.39 Å². The van der Waals surface area contributed by atoms with Crippen molar-refractivity contribution in [3.8, 4) is 5.75 Å². The number of rotatable bonds is 3. The van der Waals surface area contributed by atoms with Crippen LogP contribution in [0.5, 0.6) is 5.75 Å². The van der Waals surface area contributed by atoms with Gasteiger partial charge < -0.3 is 10.4 Å². The number of phenols is 1. The molecule has 3 nitrogen and oxygen atoms in total. The fourth-order valence-electron chi connectivity index (χ4n) is 3.28. The average molecular weight is 299 g/mol. The van der Waals surface area contributed by atoms with E-state index in [1.807, 2.05) is 0 Å². The van der Waals surface area contributed by atoms with Crippen molar-refractivity contribution < 1.29 is 9.50 Å². The molecule has 3 rings (SSSR count). The molecular formula is C15H20ClFN2O. The zero-order valence-electron chi connectivity index (χ0n) is 11.4. The molecule has 0 radical (unpaired) electrons. The summed E-state index contributed by atoms with van der Waals surface area (Å²) in [5.74, 6) is 0.169. The number of halogens is 2. The van der Waals surface area contributed by atoms with Crippen LogP contribution in [0.3, 0.4) is 0 Å². The van der Waals surface area contributed by atoms with Crippen LogP contribution in [-0.2, 0) is 0 Å². The highest BCUT2D eigenvalue weighted by Gasteiger charge is 2.35. The smallest absolute Gasteiger partial charge is 0.139 e. The molecule has 1 saturated heterocycles. The van der Waals surface area contributed by atoms with Gasteiger partial charge in [-0.25, -0.2) is 4.39 Å². The van der Waals surface area contributed by atoms with Gasteiger partial charge >= 0.3 is 0 Å². The number of hydrogen-bond acceptors (Lipinski definition) is 3. The van der Waals surface area contributed by atoms with Crippen LogP contribution in [0.15, 0.2) is 12.1 Å². The first-order valence-corrected chi connectivity index (χ1v) is 7.67. The Morgan fingerprint density at radius 3 is 2.60 bits per heavy atom. The van der Waals surface area contributed by atoms with E-state index in [0.29, 0.717) is 11.5 Å². The lowest BCUT2D eigenvalue weighted by Gasteiger charge is -2.43. The summed E-state index contributed by atoms with van der Waals surface area (Å²) in [6.07, 6.45) is 3.50. The van der Waals surface area contributed by atoms with Crippen molar-refractivity contribution in [2.75, 3.05) is 26.2 Å². The number of nitrogens with one attached hydrogen (secondary N) is 1. The van der Waals surface area contributed by atoms with Gasteiger partial charge in [-0.05, 0) is 30.9 Å². The van der Waals surface area contributed by atoms with Gasteiger partial charge in [0.2, 0.25) is 0 Å². The number of nitrogens with zero attached hydrogens (tertiary/aromatic N) is 1. The molecular weight excluding hydrogens is 279 g/mol. The van der Waals surface area contributed by atoms with Crippen LogP contribution >= 0.6 is 11.6 Å². The van der Waals surface area contributed by atoms with Crippen LogP contribution in [0, 0.1) is 11.7 Å². The number of benzene rings is 1. The first-order valence-electron chi connectivity index (χ1n) is 7.29. The second-order valence-electron chi connectivity index (χ2n) is 5.75. The summed E-state index contributed by atoms with van der Waals surface area (Å²) >= 11 is 5.95. The highest BCUT2D eigenvalue weighted by atomic mass is 35.5. The van der Waals surface area contributed by atoms with E-state index in [-0.39, 0.29) is 22.6 Å². The van der Waals surface area contributed by atoms with E-state index in [0.717, 1.165) is 39.0 Å². The Balaban J connectivity index is 1.96. The molecule has 1 aliphatic heterocycles. The largest absolute Gasteiger partial charge is 0.506 e. The lowest BCUT2D eigenvalue weighted by molar-refractivity contribution is 0.0817. The number of piperazine rings is 1. The molecule has 0 amide bonds.